The lowest BCUT2D eigenvalue weighted by Crippen LogP contribution is -2.53. The number of hydrogen-bond acceptors (Lipinski definition) is 4. The third-order valence-electron chi connectivity index (χ3n) is 4.03. The van der Waals surface area contributed by atoms with Crippen molar-refractivity contribution in [2.24, 2.45) is 0 Å². The Morgan fingerprint density at radius 2 is 2.21 bits per heavy atom. The minimum absolute atomic E-state index is 0.110. The molecule has 2 aromatic rings. The molecule has 2 heterocycles. The molecule has 24 heavy (non-hydrogen) atoms. The Morgan fingerprint density at radius 1 is 1.33 bits per heavy atom. The molecule has 0 radical (unpaired) electrons. The maximum absolute atomic E-state index is 12.5. The zero-order valence-corrected chi connectivity index (χ0v) is 13.9. The number of hydrogen-bond donors (Lipinski definition) is 1. The van der Waals surface area contributed by atoms with Crippen molar-refractivity contribution in [3.63, 3.8) is 0 Å². The van der Waals surface area contributed by atoms with E-state index in [1.54, 1.807) is 53.6 Å². The van der Waals surface area contributed by atoms with Gasteiger partial charge in [-0.2, -0.15) is 0 Å². The highest BCUT2D eigenvalue weighted by Gasteiger charge is 2.36. The molecule has 1 fully saturated rings. The van der Waals surface area contributed by atoms with E-state index >= 15 is 0 Å². The fraction of sp³-hybridized carbons (Fsp3) is 0.333. The summed E-state index contributed by atoms with van der Waals surface area (Å²) >= 11 is 5.93. The van der Waals surface area contributed by atoms with E-state index in [-0.39, 0.29) is 19.1 Å². The van der Waals surface area contributed by atoms with Gasteiger partial charge < -0.3 is 14.7 Å². The molecule has 5 nitrogen and oxygen atoms in total. The summed E-state index contributed by atoms with van der Waals surface area (Å²) in [6.45, 7) is 0.942. The number of β-amino-alcohol motifs (C(OH)–C–C–N with tert-alkyl or cyclic N) is 1. The number of aromatic nitrogens is 1. The molecule has 6 heteroatoms. The van der Waals surface area contributed by atoms with Crippen molar-refractivity contribution in [3.05, 3.63) is 59.4 Å². The van der Waals surface area contributed by atoms with Crippen molar-refractivity contribution in [2.75, 3.05) is 19.7 Å². The molecule has 0 spiro atoms. The summed E-state index contributed by atoms with van der Waals surface area (Å²) in [5, 5.41) is 11.4. The average molecular weight is 347 g/mol. The van der Waals surface area contributed by atoms with Gasteiger partial charge in [-0.3, -0.25) is 9.78 Å². The SMILES string of the molecule is O=C(c1ccccn1)N1CCCC(O)(COc2cccc(Cl)c2)C1. The molecule has 0 aliphatic carbocycles. The first-order valence-corrected chi connectivity index (χ1v) is 8.25. The summed E-state index contributed by atoms with van der Waals surface area (Å²) in [5.74, 6) is 0.431. The van der Waals surface area contributed by atoms with Gasteiger partial charge in [-0.25, -0.2) is 0 Å². The predicted octanol–water partition coefficient (Wildman–Crippen LogP) is 2.78. The molecule has 3 rings (SSSR count). The third-order valence-corrected chi connectivity index (χ3v) is 4.27. The van der Waals surface area contributed by atoms with E-state index < -0.39 is 5.60 Å². The summed E-state index contributed by atoms with van der Waals surface area (Å²) in [7, 11) is 0. The Kier molecular flexibility index (Phi) is 5.02. The molecule has 1 saturated heterocycles. The van der Waals surface area contributed by atoms with Gasteiger partial charge in [0, 0.05) is 17.8 Å². The Labute approximate surface area is 145 Å². The fourth-order valence-electron chi connectivity index (χ4n) is 2.83. The number of rotatable bonds is 4. The Bertz CT molecular complexity index is 710. The highest BCUT2D eigenvalue weighted by molar-refractivity contribution is 6.30. The first-order chi connectivity index (χ1) is 11.6. The van der Waals surface area contributed by atoms with Crippen LogP contribution in [0.25, 0.3) is 0 Å². The number of amides is 1. The van der Waals surface area contributed by atoms with Crippen molar-refractivity contribution >= 4 is 17.5 Å². The zero-order chi connectivity index (χ0) is 17.0. The first kappa shape index (κ1) is 16.7. The molecule has 1 aromatic heterocycles. The molecule has 1 unspecified atom stereocenters. The quantitative estimate of drug-likeness (QED) is 0.924. The second kappa shape index (κ2) is 7.20. The Hall–Kier alpha value is -2.11. The smallest absolute Gasteiger partial charge is 0.272 e. The second-order valence-corrected chi connectivity index (χ2v) is 6.45. The van der Waals surface area contributed by atoms with Gasteiger partial charge in [-0.05, 0) is 43.2 Å². The third kappa shape index (κ3) is 4.04. The monoisotopic (exact) mass is 346 g/mol. The lowest BCUT2D eigenvalue weighted by molar-refractivity contribution is -0.0533. The lowest BCUT2D eigenvalue weighted by Gasteiger charge is -2.38. The van der Waals surface area contributed by atoms with Crippen molar-refractivity contribution in [1.82, 2.24) is 9.88 Å². The van der Waals surface area contributed by atoms with Crippen molar-refractivity contribution in [1.29, 1.82) is 0 Å². The summed E-state index contributed by atoms with van der Waals surface area (Å²) in [5.41, 5.74) is -0.692. The summed E-state index contributed by atoms with van der Waals surface area (Å²) < 4.78 is 5.68. The molecule has 1 aromatic carbocycles. The van der Waals surface area contributed by atoms with Gasteiger partial charge in [0.2, 0.25) is 0 Å². The van der Waals surface area contributed by atoms with Gasteiger partial charge in [-0.15, -0.1) is 0 Å². The molecule has 1 aliphatic rings. The van der Waals surface area contributed by atoms with Gasteiger partial charge in [0.15, 0.2) is 0 Å². The van der Waals surface area contributed by atoms with Crippen LogP contribution in [0, 0.1) is 0 Å². The van der Waals surface area contributed by atoms with Crippen molar-refractivity contribution in [3.8, 4) is 5.75 Å². The van der Waals surface area contributed by atoms with Gasteiger partial charge in [0.05, 0.1) is 6.54 Å². The molecule has 0 saturated carbocycles. The van der Waals surface area contributed by atoms with E-state index in [2.05, 4.69) is 4.98 Å². The molecule has 126 valence electrons. The largest absolute Gasteiger partial charge is 0.490 e. The number of benzene rings is 1. The zero-order valence-electron chi connectivity index (χ0n) is 13.2. The number of halogens is 1. The molecule has 1 atom stereocenters. The van der Waals surface area contributed by atoms with E-state index in [1.165, 1.54) is 0 Å². The number of carbonyl (C=O) groups is 1. The van der Waals surface area contributed by atoms with Crippen LogP contribution < -0.4 is 4.74 Å². The number of ether oxygens (including phenoxy) is 1. The van der Waals surface area contributed by atoms with E-state index in [9.17, 15) is 9.90 Å². The maximum atomic E-state index is 12.5. The van der Waals surface area contributed by atoms with Crippen LogP contribution in [-0.2, 0) is 0 Å². The Balaban J connectivity index is 1.64. The predicted molar refractivity (Wildman–Crippen MR) is 91.3 cm³/mol. The number of pyridine rings is 1. The standard InChI is InChI=1S/C18H19ClN2O3/c19-14-5-3-6-15(11-14)24-13-18(23)8-4-10-21(12-18)17(22)16-7-1-2-9-20-16/h1-3,5-7,9,11,23H,4,8,10,12-13H2. The molecule has 0 bridgehead atoms. The molecular formula is C18H19ClN2O3. The normalized spacial score (nSPS) is 20.7. The van der Waals surface area contributed by atoms with E-state index in [1.807, 2.05) is 0 Å². The van der Waals surface area contributed by atoms with Gasteiger partial charge in [0.25, 0.3) is 5.91 Å². The van der Waals surface area contributed by atoms with E-state index in [0.29, 0.717) is 35.9 Å². The van der Waals surface area contributed by atoms with Gasteiger partial charge >= 0.3 is 0 Å². The number of likely N-dealkylation sites (tertiary alicyclic amines) is 1. The molecule has 1 amide bonds. The minimum atomic E-state index is -1.08. The molecular weight excluding hydrogens is 328 g/mol. The lowest BCUT2D eigenvalue weighted by atomic mass is 9.93. The Morgan fingerprint density at radius 3 is 2.96 bits per heavy atom. The average Bonchev–Trinajstić information content (AvgIpc) is 2.60. The second-order valence-electron chi connectivity index (χ2n) is 6.02. The summed E-state index contributed by atoms with van der Waals surface area (Å²) in [6, 6.07) is 12.3. The van der Waals surface area contributed by atoms with E-state index in [0.717, 1.165) is 0 Å². The summed E-state index contributed by atoms with van der Waals surface area (Å²) in [4.78, 5) is 18.2. The van der Waals surface area contributed by atoms with Crippen LogP contribution in [0.3, 0.4) is 0 Å². The van der Waals surface area contributed by atoms with Crippen molar-refractivity contribution in [2.45, 2.75) is 18.4 Å². The topological polar surface area (TPSA) is 62.7 Å². The fourth-order valence-corrected chi connectivity index (χ4v) is 3.01. The highest BCUT2D eigenvalue weighted by Crippen LogP contribution is 2.25. The van der Waals surface area contributed by atoms with Gasteiger partial charge in [0.1, 0.15) is 23.7 Å². The summed E-state index contributed by atoms with van der Waals surface area (Å²) in [6.07, 6.45) is 2.89. The van der Waals surface area contributed by atoms with Crippen LogP contribution in [-0.4, -0.2) is 46.2 Å². The van der Waals surface area contributed by atoms with Crippen LogP contribution in [0.15, 0.2) is 48.7 Å². The minimum Gasteiger partial charge on any atom is -0.490 e. The van der Waals surface area contributed by atoms with E-state index in [4.69, 9.17) is 16.3 Å². The van der Waals surface area contributed by atoms with Crippen LogP contribution >= 0.6 is 11.6 Å². The van der Waals surface area contributed by atoms with Crippen LogP contribution in [0.5, 0.6) is 5.75 Å². The van der Waals surface area contributed by atoms with Crippen molar-refractivity contribution < 1.29 is 14.6 Å². The number of nitrogens with zero attached hydrogens (tertiary/aromatic N) is 2. The first-order valence-electron chi connectivity index (χ1n) is 7.87. The highest BCUT2D eigenvalue weighted by atomic mass is 35.5. The molecule has 1 N–H and O–H groups in total. The number of aliphatic hydroxyl groups is 1. The molecule has 1 aliphatic heterocycles. The van der Waals surface area contributed by atoms with Crippen LogP contribution in [0.2, 0.25) is 5.02 Å². The van der Waals surface area contributed by atoms with Gasteiger partial charge in [-0.1, -0.05) is 23.7 Å². The van der Waals surface area contributed by atoms with Crippen LogP contribution in [0.1, 0.15) is 23.3 Å². The van der Waals surface area contributed by atoms with Crippen LogP contribution in [0.4, 0.5) is 0 Å². The number of carbonyl (C=O) groups excluding carboxylic acids is 1. The number of piperidine rings is 1. The maximum Gasteiger partial charge on any atom is 0.272 e.